The second kappa shape index (κ2) is 5.51. The second-order valence-corrected chi connectivity index (χ2v) is 4.17. The number of aromatic nitrogens is 1. The summed E-state index contributed by atoms with van der Waals surface area (Å²) in [4.78, 5) is 0. The van der Waals surface area contributed by atoms with Crippen LogP contribution in [0, 0.1) is 11.3 Å². The summed E-state index contributed by atoms with van der Waals surface area (Å²) in [5.41, 5.74) is 2.41. The Morgan fingerprint density at radius 2 is 2.24 bits per heavy atom. The molecule has 0 saturated heterocycles. The van der Waals surface area contributed by atoms with Crippen LogP contribution in [0.5, 0.6) is 0 Å². The fourth-order valence-corrected chi connectivity index (χ4v) is 1.96. The molecule has 0 aliphatic carbocycles. The quantitative estimate of drug-likeness (QED) is 0.798. The third kappa shape index (κ3) is 2.66. The SMILES string of the molecule is CCCNCc1ccc2ccn(CC#N)c2c1. The zero-order valence-corrected chi connectivity index (χ0v) is 10.1. The number of nitrogens with zero attached hydrogens (tertiary/aromatic N) is 2. The average Bonchev–Trinajstić information content (AvgIpc) is 2.73. The van der Waals surface area contributed by atoms with Crippen molar-refractivity contribution in [3.63, 3.8) is 0 Å². The minimum absolute atomic E-state index is 0.412. The third-order valence-electron chi connectivity index (χ3n) is 2.84. The Bertz CT molecular complexity index is 534. The molecule has 1 N–H and O–H groups in total. The van der Waals surface area contributed by atoms with E-state index in [9.17, 15) is 0 Å². The van der Waals surface area contributed by atoms with Gasteiger partial charge in [-0.15, -0.1) is 0 Å². The molecular weight excluding hydrogens is 210 g/mol. The fourth-order valence-electron chi connectivity index (χ4n) is 1.96. The Morgan fingerprint density at radius 3 is 3.00 bits per heavy atom. The molecule has 2 rings (SSSR count). The van der Waals surface area contributed by atoms with E-state index in [1.54, 1.807) is 0 Å². The monoisotopic (exact) mass is 227 g/mol. The lowest BCUT2D eigenvalue weighted by atomic mass is 10.1. The van der Waals surface area contributed by atoms with E-state index in [0.717, 1.165) is 25.0 Å². The van der Waals surface area contributed by atoms with Gasteiger partial charge in [-0.25, -0.2) is 0 Å². The van der Waals surface area contributed by atoms with E-state index in [1.807, 2.05) is 10.8 Å². The molecule has 0 spiro atoms. The molecule has 2 aromatic rings. The molecule has 17 heavy (non-hydrogen) atoms. The number of fused-ring (bicyclic) bond motifs is 1. The van der Waals surface area contributed by atoms with Crippen molar-refractivity contribution in [1.82, 2.24) is 9.88 Å². The minimum atomic E-state index is 0.412. The van der Waals surface area contributed by atoms with Crippen molar-refractivity contribution < 1.29 is 0 Å². The summed E-state index contributed by atoms with van der Waals surface area (Å²) >= 11 is 0. The highest BCUT2D eigenvalue weighted by molar-refractivity contribution is 5.80. The molecular formula is C14H17N3. The number of hydrogen-bond acceptors (Lipinski definition) is 2. The van der Waals surface area contributed by atoms with E-state index in [-0.39, 0.29) is 0 Å². The van der Waals surface area contributed by atoms with Gasteiger partial charge in [-0.3, -0.25) is 0 Å². The van der Waals surface area contributed by atoms with Gasteiger partial charge >= 0.3 is 0 Å². The third-order valence-corrected chi connectivity index (χ3v) is 2.84. The van der Waals surface area contributed by atoms with Crippen LogP contribution in [0.4, 0.5) is 0 Å². The Hall–Kier alpha value is -1.79. The number of nitrogens with one attached hydrogen (secondary N) is 1. The topological polar surface area (TPSA) is 40.8 Å². The van der Waals surface area contributed by atoms with Crippen LogP contribution in [0.25, 0.3) is 10.9 Å². The van der Waals surface area contributed by atoms with Crippen molar-refractivity contribution in [2.24, 2.45) is 0 Å². The van der Waals surface area contributed by atoms with Crippen LogP contribution in [-0.4, -0.2) is 11.1 Å². The van der Waals surface area contributed by atoms with Crippen LogP contribution in [0.2, 0.25) is 0 Å². The maximum Gasteiger partial charge on any atom is 0.110 e. The molecule has 1 heterocycles. The van der Waals surface area contributed by atoms with Gasteiger partial charge in [0.2, 0.25) is 0 Å². The van der Waals surface area contributed by atoms with Gasteiger partial charge in [0.25, 0.3) is 0 Å². The molecule has 0 atom stereocenters. The summed E-state index contributed by atoms with van der Waals surface area (Å²) in [6.07, 6.45) is 3.12. The molecule has 0 aliphatic rings. The van der Waals surface area contributed by atoms with Gasteiger partial charge in [-0.05, 0) is 36.0 Å². The first kappa shape index (κ1) is 11.7. The van der Waals surface area contributed by atoms with Crippen LogP contribution < -0.4 is 5.32 Å². The molecule has 3 heteroatoms. The minimum Gasteiger partial charge on any atom is -0.334 e. The van der Waals surface area contributed by atoms with Crippen LogP contribution >= 0.6 is 0 Å². The van der Waals surface area contributed by atoms with Gasteiger partial charge in [0.05, 0.1) is 6.07 Å². The lowest BCUT2D eigenvalue weighted by molar-refractivity contribution is 0.675. The molecule has 0 aliphatic heterocycles. The van der Waals surface area contributed by atoms with Crippen LogP contribution in [0.3, 0.4) is 0 Å². The van der Waals surface area contributed by atoms with Crippen molar-refractivity contribution in [2.75, 3.05) is 6.54 Å². The molecule has 3 nitrogen and oxygen atoms in total. The van der Waals surface area contributed by atoms with Gasteiger partial charge in [-0.2, -0.15) is 5.26 Å². The summed E-state index contributed by atoms with van der Waals surface area (Å²) in [5.74, 6) is 0. The van der Waals surface area contributed by atoms with Crippen LogP contribution in [0.1, 0.15) is 18.9 Å². The predicted molar refractivity (Wildman–Crippen MR) is 69.5 cm³/mol. The molecule has 1 aromatic carbocycles. The van der Waals surface area contributed by atoms with Crippen molar-refractivity contribution in [3.05, 3.63) is 36.0 Å². The van der Waals surface area contributed by atoms with E-state index >= 15 is 0 Å². The van der Waals surface area contributed by atoms with Gasteiger partial charge in [0, 0.05) is 18.3 Å². The highest BCUT2D eigenvalue weighted by atomic mass is 14.9. The molecule has 0 unspecified atom stereocenters. The Morgan fingerprint density at radius 1 is 1.35 bits per heavy atom. The number of hydrogen-bond donors (Lipinski definition) is 1. The summed E-state index contributed by atoms with van der Waals surface area (Å²) in [6.45, 7) is 4.50. The molecule has 0 fully saturated rings. The average molecular weight is 227 g/mol. The first-order valence-electron chi connectivity index (χ1n) is 6.00. The molecule has 1 aromatic heterocycles. The Labute approximate surface area is 102 Å². The number of rotatable bonds is 5. The molecule has 0 bridgehead atoms. The predicted octanol–water partition coefficient (Wildman–Crippen LogP) is 2.66. The Balaban J connectivity index is 2.22. The van der Waals surface area contributed by atoms with Crippen molar-refractivity contribution in [1.29, 1.82) is 5.26 Å². The van der Waals surface area contributed by atoms with E-state index in [4.69, 9.17) is 5.26 Å². The smallest absolute Gasteiger partial charge is 0.110 e. The normalized spacial score (nSPS) is 10.6. The standard InChI is InChI=1S/C14H17N3/c1-2-7-16-11-12-3-4-13-5-8-17(9-6-15)14(13)10-12/h3-5,8,10,16H,2,7,9,11H2,1H3. The maximum absolute atomic E-state index is 8.76. The van der Waals surface area contributed by atoms with Gasteiger partial charge in [0.15, 0.2) is 0 Å². The number of benzene rings is 1. The number of nitriles is 1. The molecule has 0 amide bonds. The lowest BCUT2D eigenvalue weighted by Gasteiger charge is -2.05. The first-order valence-corrected chi connectivity index (χ1v) is 6.00. The summed E-state index contributed by atoms with van der Waals surface area (Å²) in [5, 5.41) is 13.3. The molecule has 0 saturated carbocycles. The lowest BCUT2D eigenvalue weighted by Crippen LogP contribution is -2.13. The van der Waals surface area contributed by atoms with Gasteiger partial charge < -0.3 is 9.88 Å². The van der Waals surface area contributed by atoms with E-state index in [0.29, 0.717) is 6.54 Å². The molecule has 0 radical (unpaired) electrons. The fraction of sp³-hybridized carbons (Fsp3) is 0.357. The van der Waals surface area contributed by atoms with Crippen LogP contribution in [0.15, 0.2) is 30.5 Å². The Kier molecular flexibility index (Phi) is 3.79. The largest absolute Gasteiger partial charge is 0.334 e. The van der Waals surface area contributed by atoms with Gasteiger partial charge in [0.1, 0.15) is 6.54 Å². The van der Waals surface area contributed by atoms with Crippen LogP contribution in [-0.2, 0) is 13.1 Å². The molecule has 88 valence electrons. The van der Waals surface area contributed by atoms with Crippen molar-refractivity contribution in [2.45, 2.75) is 26.4 Å². The zero-order valence-electron chi connectivity index (χ0n) is 10.1. The van der Waals surface area contributed by atoms with E-state index < -0.39 is 0 Å². The summed E-state index contributed by atoms with van der Waals surface area (Å²) in [6, 6.07) is 10.7. The summed E-state index contributed by atoms with van der Waals surface area (Å²) < 4.78 is 1.98. The van der Waals surface area contributed by atoms with Crippen molar-refractivity contribution >= 4 is 10.9 Å². The highest BCUT2D eigenvalue weighted by Gasteiger charge is 2.01. The van der Waals surface area contributed by atoms with E-state index in [2.05, 4.69) is 42.6 Å². The maximum atomic E-state index is 8.76. The zero-order chi connectivity index (χ0) is 12.1. The van der Waals surface area contributed by atoms with Crippen molar-refractivity contribution in [3.8, 4) is 6.07 Å². The first-order chi connectivity index (χ1) is 8.35. The summed E-state index contributed by atoms with van der Waals surface area (Å²) in [7, 11) is 0. The second-order valence-electron chi connectivity index (χ2n) is 4.17. The van der Waals surface area contributed by atoms with E-state index in [1.165, 1.54) is 10.9 Å². The highest BCUT2D eigenvalue weighted by Crippen LogP contribution is 2.17. The van der Waals surface area contributed by atoms with Gasteiger partial charge in [-0.1, -0.05) is 19.1 Å².